The Balaban J connectivity index is 1.76. The van der Waals surface area contributed by atoms with E-state index in [1.54, 1.807) is 7.05 Å². The molecule has 0 atom stereocenters. The van der Waals surface area contributed by atoms with Crippen LogP contribution in [-0.4, -0.2) is 29.0 Å². The summed E-state index contributed by atoms with van der Waals surface area (Å²) in [7, 11) is 2.97. The summed E-state index contributed by atoms with van der Waals surface area (Å²) in [6.07, 6.45) is 1.43. The van der Waals surface area contributed by atoms with Crippen LogP contribution < -0.4 is 11.2 Å². The highest BCUT2D eigenvalue weighted by molar-refractivity contribution is 5.98. The first-order valence-electron chi connectivity index (χ1n) is 9.60. The van der Waals surface area contributed by atoms with Gasteiger partial charge in [-0.1, -0.05) is 17.7 Å². The molecule has 0 saturated carbocycles. The van der Waals surface area contributed by atoms with E-state index < -0.39 is 11.2 Å². The minimum Gasteiger partial charge on any atom is -0.318 e. The smallest absolute Gasteiger partial charge is 0.318 e. The number of carbonyl (C=O) groups excluding carboxylic acids is 1. The molecule has 4 aromatic rings. The van der Waals surface area contributed by atoms with Crippen LogP contribution in [-0.2, 0) is 20.6 Å². The minimum atomic E-state index is -0.469. The number of benzene rings is 1. The van der Waals surface area contributed by atoms with Crippen molar-refractivity contribution in [2.24, 2.45) is 14.1 Å². The predicted octanol–water partition coefficient (Wildman–Crippen LogP) is 2.03. The molecule has 0 radical (unpaired) electrons. The topological polar surface area (TPSA) is 83.8 Å². The van der Waals surface area contributed by atoms with E-state index in [-0.39, 0.29) is 23.5 Å². The molecule has 0 N–H and O–H groups in total. The molecule has 3 heterocycles. The van der Waals surface area contributed by atoms with Gasteiger partial charge in [0.15, 0.2) is 16.9 Å². The highest BCUT2D eigenvalue weighted by atomic mass is 16.2. The third-order valence-corrected chi connectivity index (χ3v) is 5.55. The lowest BCUT2D eigenvalue weighted by Crippen LogP contribution is -2.37. The quantitative estimate of drug-likeness (QED) is 0.487. The third-order valence-electron chi connectivity index (χ3n) is 5.55. The summed E-state index contributed by atoms with van der Waals surface area (Å²) in [6, 6.07) is 9.99. The molecule has 0 aliphatic rings. The van der Waals surface area contributed by atoms with Gasteiger partial charge in [0.2, 0.25) is 0 Å². The molecule has 8 heteroatoms. The van der Waals surface area contributed by atoms with Crippen molar-refractivity contribution in [1.29, 1.82) is 0 Å². The SMILES string of the molecule is Cc1ccc(-n2c(C)cc(C(=O)Cn3cnc4c3c(=O)n(C)c(=O)n4C)c2C)cc1. The molecule has 30 heavy (non-hydrogen) atoms. The number of hydrogen-bond acceptors (Lipinski definition) is 4. The van der Waals surface area contributed by atoms with E-state index in [2.05, 4.69) is 4.98 Å². The molecular formula is C22H23N5O3. The zero-order valence-electron chi connectivity index (χ0n) is 17.6. The highest BCUT2D eigenvalue weighted by Crippen LogP contribution is 2.22. The summed E-state index contributed by atoms with van der Waals surface area (Å²) in [5.74, 6) is -0.128. The first kappa shape index (κ1) is 19.6. The monoisotopic (exact) mass is 405 g/mol. The van der Waals surface area contributed by atoms with Crippen LogP contribution in [0.25, 0.3) is 16.9 Å². The first-order valence-corrected chi connectivity index (χ1v) is 9.60. The second-order valence-corrected chi connectivity index (χ2v) is 7.63. The normalized spacial score (nSPS) is 11.4. The number of Topliss-reactive ketones (excluding diaryl/α,β-unsaturated/α-hetero) is 1. The Morgan fingerprint density at radius 3 is 2.33 bits per heavy atom. The van der Waals surface area contributed by atoms with Crippen molar-refractivity contribution in [3.05, 3.63) is 80.0 Å². The van der Waals surface area contributed by atoms with E-state index in [0.717, 1.165) is 21.6 Å². The zero-order valence-corrected chi connectivity index (χ0v) is 17.6. The lowest BCUT2D eigenvalue weighted by atomic mass is 10.1. The molecule has 0 spiro atoms. The van der Waals surface area contributed by atoms with Crippen LogP contribution in [0, 0.1) is 20.8 Å². The molecule has 4 rings (SSSR count). The molecule has 0 aliphatic carbocycles. The van der Waals surface area contributed by atoms with Crippen molar-refractivity contribution in [1.82, 2.24) is 23.3 Å². The summed E-state index contributed by atoms with van der Waals surface area (Å²) in [5.41, 5.74) is 4.12. The number of nitrogens with zero attached hydrogens (tertiary/aromatic N) is 5. The van der Waals surface area contributed by atoms with Crippen LogP contribution in [0.5, 0.6) is 0 Å². The Kier molecular flexibility index (Phi) is 4.57. The van der Waals surface area contributed by atoms with E-state index in [1.807, 2.05) is 55.7 Å². The van der Waals surface area contributed by atoms with Gasteiger partial charge in [-0.2, -0.15) is 0 Å². The van der Waals surface area contributed by atoms with Gasteiger partial charge < -0.3 is 9.13 Å². The van der Waals surface area contributed by atoms with Crippen molar-refractivity contribution in [2.45, 2.75) is 27.3 Å². The average molecular weight is 405 g/mol. The number of carbonyl (C=O) groups is 1. The van der Waals surface area contributed by atoms with Gasteiger partial charge in [0.25, 0.3) is 5.56 Å². The Bertz CT molecular complexity index is 1410. The molecule has 1 aromatic carbocycles. The van der Waals surface area contributed by atoms with Gasteiger partial charge in [-0.15, -0.1) is 0 Å². The molecule has 0 fully saturated rings. The fourth-order valence-corrected chi connectivity index (χ4v) is 3.89. The Hall–Kier alpha value is -3.68. The van der Waals surface area contributed by atoms with Crippen LogP contribution in [0.3, 0.4) is 0 Å². The summed E-state index contributed by atoms with van der Waals surface area (Å²) in [5, 5.41) is 0. The molecule has 0 amide bonds. The van der Waals surface area contributed by atoms with Gasteiger partial charge in [0.05, 0.1) is 12.9 Å². The molecule has 8 nitrogen and oxygen atoms in total. The van der Waals surface area contributed by atoms with E-state index in [4.69, 9.17) is 0 Å². The van der Waals surface area contributed by atoms with Crippen LogP contribution in [0.1, 0.15) is 27.3 Å². The zero-order chi connectivity index (χ0) is 21.7. The van der Waals surface area contributed by atoms with Gasteiger partial charge in [-0.25, -0.2) is 9.78 Å². The third kappa shape index (κ3) is 2.92. The largest absolute Gasteiger partial charge is 0.332 e. The summed E-state index contributed by atoms with van der Waals surface area (Å²) in [4.78, 5) is 42.0. The maximum Gasteiger partial charge on any atom is 0.332 e. The van der Waals surface area contributed by atoms with Crippen molar-refractivity contribution in [3.63, 3.8) is 0 Å². The Morgan fingerprint density at radius 1 is 1.00 bits per heavy atom. The summed E-state index contributed by atoms with van der Waals surface area (Å²) < 4.78 is 5.88. The Labute approximate surface area is 172 Å². The van der Waals surface area contributed by atoms with Gasteiger partial charge in [-0.3, -0.25) is 18.7 Å². The van der Waals surface area contributed by atoms with Crippen molar-refractivity contribution in [3.8, 4) is 5.69 Å². The van der Waals surface area contributed by atoms with E-state index in [9.17, 15) is 14.4 Å². The second-order valence-electron chi connectivity index (χ2n) is 7.63. The van der Waals surface area contributed by atoms with E-state index >= 15 is 0 Å². The number of hydrogen-bond donors (Lipinski definition) is 0. The van der Waals surface area contributed by atoms with Crippen LogP contribution in [0.2, 0.25) is 0 Å². The van der Waals surface area contributed by atoms with E-state index in [1.165, 1.54) is 28.1 Å². The Morgan fingerprint density at radius 2 is 1.67 bits per heavy atom. The highest BCUT2D eigenvalue weighted by Gasteiger charge is 2.20. The fraction of sp³-hybridized carbons (Fsp3) is 0.273. The van der Waals surface area contributed by atoms with Gasteiger partial charge in [0.1, 0.15) is 0 Å². The number of aryl methyl sites for hydroxylation is 3. The van der Waals surface area contributed by atoms with Crippen molar-refractivity contribution < 1.29 is 4.79 Å². The second kappa shape index (κ2) is 6.98. The molecule has 154 valence electrons. The number of aromatic nitrogens is 5. The molecule has 0 unspecified atom stereocenters. The van der Waals surface area contributed by atoms with Crippen LogP contribution in [0.15, 0.2) is 46.2 Å². The van der Waals surface area contributed by atoms with Crippen LogP contribution >= 0.6 is 0 Å². The van der Waals surface area contributed by atoms with Crippen molar-refractivity contribution in [2.75, 3.05) is 0 Å². The molecule has 3 aromatic heterocycles. The predicted molar refractivity (Wildman–Crippen MR) is 115 cm³/mol. The minimum absolute atomic E-state index is 0.0395. The maximum absolute atomic E-state index is 13.1. The number of ketones is 1. The standard InChI is InChI=1S/C22H23N5O3/c1-13-6-8-16(9-7-13)27-14(2)10-17(15(27)3)18(28)11-26-12-23-20-19(26)21(29)25(5)22(30)24(20)4/h6-10,12H,11H2,1-5H3. The lowest BCUT2D eigenvalue weighted by Gasteiger charge is -2.10. The average Bonchev–Trinajstić information content (AvgIpc) is 3.26. The van der Waals surface area contributed by atoms with Gasteiger partial charge in [-0.05, 0) is 39.0 Å². The summed E-state index contributed by atoms with van der Waals surface area (Å²) in [6.45, 7) is 5.86. The lowest BCUT2D eigenvalue weighted by molar-refractivity contribution is 0.0972. The van der Waals surface area contributed by atoms with Gasteiger partial charge >= 0.3 is 5.69 Å². The maximum atomic E-state index is 13.1. The van der Waals surface area contributed by atoms with E-state index in [0.29, 0.717) is 5.56 Å². The number of rotatable bonds is 4. The molecular weight excluding hydrogens is 382 g/mol. The fourth-order valence-electron chi connectivity index (χ4n) is 3.89. The number of fused-ring (bicyclic) bond motifs is 1. The summed E-state index contributed by atoms with van der Waals surface area (Å²) >= 11 is 0. The van der Waals surface area contributed by atoms with Crippen molar-refractivity contribution >= 4 is 16.9 Å². The molecule has 0 saturated heterocycles. The van der Waals surface area contributed by atoms with Crippen LogP contribution in [0.4, 0.5) is 0 Å². The number of imidazole rings is 1. The molecule has 0 aliphatic heterocycles. The van der Waals surface area contributed by atoms with Gasteiger partial charge in [0, 0.05) is 36.7 Å². The first-order chi connectivity index (χ1) is 14.2. The molecule has 0 bridgehead atoms.